The minimum Gasteiger partial charge on any atom is -0.399 e. The van der Waals surface area contributed by atoms with Gasteiger partial charge < -0.3 is 11.1 Å². The third kappa shape index (κ3) is 2.95. The zero-order chi connectivity index (χ0) is 12.3. The molecule has 1 aromatic heterocycles. The van der Waals surface area contributed by atoms with Crippen LogP contribution < -0.4 is 11.1 Å². The number of anilines is 2. The quantitative estimate of drug-likeness (QED) is 0.802. The smallest absolute Gasteiger partial charge is 0.256 e. The highest BCUT2D eigenvalue weighted by Crippen LogP contribution is 2.13. The minimum absolute atomic E-state index is 0.271. The van der Waals surface area contributed by atoms with E-state index < -0.39 is 0 Å². The van der Waals surface area contributed by atoms with Gasteiger partial charge >= 0.3 is 0 Å². The Morgan fingerprint density at radius 3 is 2.82 bits per heavy atom. The SMILES string of the molecule is Nc1cccc(C(=O)Nc2cc(Cl)ccn2)c1. The van der Waals surface area contributed by atoms with Crippen LogP contribution in [0.3, 0.4) is 0 Å². The molecule has 2 rings (SSSR count). The summed E-state index contributed by atoms with van der Waals surface area (Å²) in [6, 6.07) is 9.92. The highest BCUT2D eigenvalue weighted by molar-refractivity contribution is 6.30. The number of hydrogen-bond acceptors (Lipinski definition) is 3. The first-order valence-corrected chi connectivity index (χ1v) is 5.31. The second-order valence-corrected chi connectivity index (χ2v) is 3.88. The van der Waals surface area contributed by atoms with Crippen molar-refractivity contribution in [3.05, 3.63) is 53.2 Å². The van der Waals surface area contributed by atoms with Gasteiger partial charge in [0.1, 0.15) is 5.82 Å². The maximum atomic E-state index is 11.8. The molecule has 1 amide bonds. The number of pyridine rings is 1. The molecule has 0 aliphatic heterocycles. The maximum Gasteiger partial charge on any atom is 0.256 e. The van der Waals surface area contributed by atoms with E-state index in [0.717, 1.165) is 0 Å². The van der Waals surface area contributed by atoms with Crippen LogP contribution in [-0.2, 0) is 0 Å². The first kappa shape index (κ1) is 11.4. The van der Waals surface area contributed by atoms with Crippen LogP contribution in [0.5, 0.6) is 0 Å². The van der Waals surface area contributed by atoms with Crippen molar-refractivity contribution in [1.82, 2.24) is 4.98 Å². The zero-order valence-corrected chi connectivity index (χ0v) is 9.61. The number of aromatic nitrogens is 1. The molecule has 0 fully saturated rings. The van der Waals surface area contributed by atoms with Crippen LogP contribution in [0.1, 0.15) is 10.4 Å². The number of rotatable bonds is 2. The van der Waals surface area contributed by atoms with Gasteiger partial charge in [-0.2, -0.15) is 0 Å². The zero-order valence-electron chi connectivity index (χ0n) is 8.85. The molecule has 0 bridgehead atoms. The van der Waals surface area contributed by atoms with E-state index in [1.807, 2.05) is 0 Å². The summed E-state index contributed by atoms with van der Waals surface area (Å²) in [5, 5.41) is 3.15. The fraction of sp³-hybridized carbons (Fsp3) is 0. The van der Waals surface area contributed by atoms with E-state index in [1.54, 1.807) is 36.4 Å². The van der Waals surface area contributed by atoms with Crippen LogP contribution >= 0.6 is 11.6 Å². The Hall–Kier alpha value is -2.07. The van der Waals surface area contributed by atoms with E-state index >= 15 is 0 Å². The molecule has 0 unspecified atom stereocenters. The molecular formula is C12H10ClN3O. The van der Waals surface area contributed by atoms with Crippen LogP contribution in [0.25, 0.3) is 0 Å². The lowest BCUT2D eigenvalue weighted by Gasteiger charge is -2.05. The number of nitrogen functional groups attached to an aromatic ring is 1. The van der Waals surface area contributed by atoms with Crippen molar-refractivity contribution < 1.29 is 4.79 Å². The Balaban J connectivity index is 2.17. The molecule has 5 heteroatoms. The summed E-state index contributed by atoms with van der Waals surface area (Å²) in [5.41, 5.74) is 6.61. The number of nitrogens with one attached hydrogen (secondary N) is 1. The van der Waals surface area contributed by atoms with E-state index in [0.29, 0.717) is 22.1 Å². The van der Waals surface area contributed by atoms with E-state index in [2.05, 4.69) is 10.3 Å². The summed E-state index contributed by atoms with van der Waals surface area (Å²) in [4.78, 5) is 15.8. The monoisotopic (exact) mass is 247 g/mol. The molecule has 0 aliphatic rings. The summed E-state index contributed by atoms with van der Waals surface area (Å²) in [6.07, 6.45) is 1.53. The van der Waals surface area contributed by atoms with Crippen LogP contribution in [0.15, 0.2) is 42.6 Å². The Kier molecular flexibility index (Phi) is 3.25. The third-order valence-corrected chi connectivity index (χ3v) is 2.35. The average Bonchev–Trinajstić information content (AvgIpc) is 2.29. The normalized spacial score (nSPS) is 9.94. The Labute approximate surface area is 103 Å². The van der Waals surface area contributed by atoms with Gasteiger partial charge in [-0.15, -0.1) is 0 Å². The number of benzene rings is 1. The predicted molar refractivity (Wildman–Crippen MR) is 68.1 cm³/mol. The lowest BCUT2D eigenvalue weighted by Crippen LogP contribution is -2.13. The molecule has 0 aliphatic carbocycles. The molecule has 1 aromatic carbocycles. The Morgan fingerprint density at radius 2 is 2.12 bits per heavy atom. The minimum atomic E-state index is -0.271. The van der Waals surface area contributed by atoms with Crippen molar-refractivity contribution in [3.63, 3.8) is 0 Å². The molecule has 0 saturated heterocycles. The van der Waals surface area contributed by atoms with E-state index in [4.69, 9.17) is 17.3 Å². The van der Waals surface area contributed by atoms with Gasteiger partial charge in [0.2, 0.25) is 0 Å². The predicted octanol–water partition coefficient (Wildman–Crippen LogP) is 2.57. The van der Waals surface area contributed by atoms with Gasteiger partial charge in [0.25, 0.3) is 5.91 Å². The third-order valence-electron chi connectivity index (χ3n) is 2.11. The van der Waals surface area contributed by atoms with Crippen molar-refractivity contribution in [2.75, 3.05) is 11.1 Å². The van der Waals surface area contributed by atoms with E-state index in [-0.39, 0.29) is 5.91 Å². The number of carbonyl (C=O) groups excluding carboxylic acids is 1. The van der Waals surface area contributed by atoms with Crippen LogP contribution in [0.2, 0.25) is 5.02 Å². The largest absolute Gasteiger partial charge is 0.399 e. The number of hydrogen-bond donors (Lipinski definition) is 2. The van der Waals surface area contributed by atoms with Crippen molar-refractivity contribution in [2.45, 2.75) is 0 Å². The second kappa shape index (κ2) is 4.84. The van der Waals surface area contributed by atoms with Gasteiger partial charge in [-0.05, 0) is 30.3 Å². The molecule has 3 N–H and O–H groups in total. The van der Waals surface area contributed by atoms with Gasteiger partial charge in [-0.1, -0.05) is 17.7 Å². The highest BCUT2D eigenvalue weighted by atomic mass is 35.5. The summed E-state index contributed by atoms with van der Waals surface area (Å²) >= 11 is 5.79. The van der Waals surface area contributed by atoms with Crippen molar-refractivity contribution in [1.29, 1.82) is 0 Å². The molecule has 0 radical (unpaired) electrons. The van der Waals surface area contributed by atoms with Crippen molar-refractivity contribution in [2.24, 2.45) is 0 Å². The number of carbonyl (C=O) groups is 1. The summed E-state index contributed by atoms with van der Waals surface area (Å²) in [5.74, 6) is 0.136. The standard InChI is InChI=1S/C12H10ClN3O/c13-9-4-5-15-11(7-9)16-12(17)8-2-1-3-10(14)6-8/h1-7H,14H2,(H,15,16,17). The molecule has 0 atom stereocenters. The maximum absolute atomic E-state index is 11.8. The van der Waals surface area contributed by atoms with Crippen LogP contribution in [0, 0.1) is 0 Å². The van der Waals surface area contributed by atoms with Gasteiger partial charge in [0.05, 0.1) is 0 Å². The fourth-order valence-electron chi connectivity index (χ4n) is 1.34. The van der Waals surface area contributed by atoms with Crippen molar-refractivity contribution in [3.8, 4) is 0 Å². The number of nitrogens with zero attached hydrogens (tertiary/aromatic N) is 1. The highest BCUT2D eigenvalue weighted by Gasteiger charge is 2.06. The van der Waals surface area contributed by atoms with Crippen molar-refractivity contribution >= 4 is 29.0 Å². The molecule has 0 saturated carbocycles. The molecular weight excluding hydrogens is 238 g/mol. The topological polar surface area (TPSA) is 68.0 Å². The van der Waals surface area contributed by atoms with Gasteiger partial charge in [-0.3, -0.25) is 4.79 Å². The molecule has 86 valence electrons. The summed E-state index contributed by atoms with van der Waals surface area (Å²) < 4.78 is 0. The fourth-order valence-corrected chi connectivity index (χ4v) is 1.50. The van der Waals surface area contributed by atoms with Crippen LogP contribution in [-0.4, -0.2) is 10.9 Å². The first-order chi connectivity index (χ1) is 8.15. The number of nitrogens with two attached hydrogens (primary N) is 1. The molecule has 4 nitrogen and oxygen atoms in total. The van der Waals surface area contributed by atoms with Gasteiger partial charge in [0, 0.05) is 22.5 Å². The molecule has 17 heavy (non-hydrogen) atoms. The van der Waals surface area contributed by atoms with Gasteiger partial charge in [-0.25, -0.2) is 4.98 Å². The number of amides is 1. The summed E-state index contributed by atoms with van der Waals surface area (Å²) in [6.45, 7) is 0. The van der Waals surface area contributed by atoms with Gasteiger partial charge in [0.15, 0.2) is 0 Å². The number of halogens is 1. The van der Waals surface area contributed by atoms with E-state index in [1.165, 1.54) is 6.20 Å². The van der Waals surface area contributed by atoms with E-state index in [9.17, 15) is 4.79 Å². The lowest BCUT2D eigenvalue weighted by molar-refractivity contribution is 0.102. The van der Waals surface area contributed by atoms with Crippen LogP contribution in [0.4, 0.5) is 11.5 Å². The average molecular weight is 248 g/mol. The molecule has 1 heterocycles. The summed E-state index contributed by atoms with van der Waals surface area (Å²) in [7, 11) is 0. The Bertz CT molecular complexity index is 557. The second-order valence-electron chi connectivity index (χ2n) is 3.44. The molecule has 0 spiro atoms. The molecule has 2 aromatic rings. The lowest BCUT2D eigenvalue weighted by atomic mass is 10.2. The Morgan fingerprint density at radius 1 is 1.29 bits per heavy atom. The first-order valence-electron chi connectivity index (χ1n) is 4.93.